The molecule has 1 heterocycles. The van der Waals surface area contributed by atoms with E-state index in [9.17, 15) is 0 Å². The number of allylic oxidation sites excluding steroid dienone is 7. The van der Waals surface area contributed by atoms with E-state index in [1.54, 1.807) is 22.3 Å². The second-order valence-corrected chi connectivity index (χ2v) is 11.3. The average molecular weight is 467 g/mol. The van der Waals surface area contributed by atoms with Crippen molar-refractivity contribution in [1.29, 1.82) is 0 Å². The normalized spacial score (nSPS) is 31.4. The molecule has 0 N–H and O–H groups in total. The zero-order valence-electron chi connectivity index (χ0n) is 19.8. The lowest BCUT2D eigenvalue weighted by Gasteiger charge is -2.46. The molecule has 0 bridgehead atoms. The highest BCUT2D eigenvalue weighted by Crippen LogP contribution is 2.63. The number of furan rings is 1. The summed E-state index contributed by atoms with van der Waals surface area (Å²) in [6, 6.07) is 11.4. The van der Waals surface area contributed by atoms with Crippen molar-refractivity contribution in [3.05, 3.63) is 98.4 Å². The summed E-state index contributed by atoms with van der Waals surface area (Å²) in [6.45, 7) is 2.39. The fraction of sp³-hybridized carbons (Fsp3) is 0.375. The third kappa shape index (κ3) is 2.80. The van der Waals surface area contributed by atoms with Crippen molar-refractivity contribution >= 4 is 29.8 Å². The Labute approximate surface area is 206 Å². The van der Waals surface area contributed by atoms with Crippen LogP contribution in [-0.2, 0) is 11.8 Å². The first-order valence-electron chi connectivity index (χ1n) is 13.0. The van der Waals surface area contributed by atoms with Gasteiger partial charge in [0.1, 0.15) is 11.2 Å². The van der Waals surface area contributed by atoms with Crippen molar-refractivity contribution in [3.8, 4) is 0 Å². The molecule has 0 saturated carbocycles. The minimum Gasteiger partial charge on any atom is -0.461 e. The molecule has 1 aromatic heterocycles. The molecule has 7 rings (SSSR count). The molecule has 5 aliphatic carbocycles. The predicted molar refractivity (Wildman–Crippen MR) is 141 cm³/mol. The Bertz CT molecular complexity index is 1410. The van der Waals surface area contributed by atoms with Crippen LogP contribution in [0, 0.1) is 11.8 Å². The first kappa shape index (κ1) is 20.8. The number of benzene rings is 1. The third-order valence-corrected chi connectivity index (χ3v) is 9.37. The lowest BCUT2D eigenvalue weighted by molar-refractivity contribution is 0.249. The maximum Gasteiger partial charge on any atom is 0.132 e. The average Bonchev–Trinajstić information content (AvgIpc) is 3.38. The van der Waals surface area contributed by atoms with Crippen LogP contribution < -0.4 is 10.6 Å². The third-order valence-electron chi connectivity index (χ3n) is 9.07. The summed E-state index contributed by atoms with van der Waals surface area (Å²) in [5, 5.41) is 1.28. The van der Waals surface area contributed by atoms with Gasteiger partial charge in [0, 0.05) is 22.6 Å². The van der Waals surface area contributed by atoms with E-state index in [2.05, 4.69) is 73.7 Å². The molecular formula is C32H31ClO. The van der Waals surface area contributed by atoms with E-state index in [0.29, 0.717) is 11.8 Å². The molecule has 34 heavy (non-hydrogen) atoms. The lowest BCUT2D eigenvalue weighted by Crippen LogP contribution is -2.43. The van der Waals surface area contributed by atoms with Crippen LogP contribution in [0.1, 0.15) is 62.3 Å². The molecule has 2 heteroatoms. The molecule has 0 radical (unpaired) electrons. The zero-order valence-corrected chi connectivity index (χ0v) is 20.6. The van der Waals surface area contributed by atoms with E-state index in [1.165, 1.54) is 35.6 Å². The van der Waals surface area contributed by atoms with E-state index >= 15 is 0 Å². The van der Waals surface area contributed by atoms with Gasteiger partial charge in [-0.1, -0.05) is 71.9 Å². The summed E-state index contributed by atoms with van der Waals surface area (Å²) >= 11 is 6.43. The minimum absolute atomic E-state index is 0.00228. The Balaban J connectivity index is 1.46. The van der Waals surface area contributed by atoms with Gasteiger partial charge in [-0.3, -0.25) is 0 Å². The quantitative estimate of drug-likeness (QED) is 0.446. The van der Waals surface area contributed by atoms with Crippen molar-refractivity contribution in [3.63, 3.8) is 0 Å². The fourth-order valence-electron chi connectivity index (χ4n) is 7.81. The molecule has 0 spiro atoms. The van der Waals surface area contributed by atoms with Crippen LogP contribution in [0.4, 0.5) is 0 Å². The second kappa shape index (κ2) is 7.75. The Kier molecular flexibility index (Phi) is 4.75. The highest BCUT2D eigenvalue weighted by molar-refractivity contribution is 6.24. The molecule has 0 saturated heterocycles. The summed E-state index contributed by atoms with van der Waals surface area (Å²) in [5.74, 6) is 2.07. The summed E-state index contributed by atoms with van der Waals surface area (Å²) in [4.78, 5) is 0. The van der Waals surface area contributed by atoms with E-state index in [0.717, 1.165) is 36.9 Å². The van der Waals surface area contributed by atoms with Crippen molar-refractivity contribution in [2.45, 2.75) is 62.7 Å². The Hall–Kier alpha value is -2.51. The van der Waals surface area contributed by atoms with Crippen LogP contribution in [0.15, 0.2) is 75.3 Å². The Morgan fingerprint density at radius 3 is 2.85 bits per heavy atom. The Morgan fingerprint density at radius 2 is 1.97 bits per heavy atom. The molecule has 0 aliphatic heterocycles. The number of rotatable bonds is 2. The van der Waals surface area contributed by atoms with Gasteiger partial charge < -0.3 is 4.42 Å². The standard InChI is InChI=1S/C32H31ClO/c1-20-8-7-13-28-31(20)26-11-5-6-12-27(26)32(28,21-9-3-2-4-10-21)22-14-16-24-25-17-15-23(33)19-30(25)34-29(24)18-22/h2-5,9-11,14,16-17,19,22-23,28H,6-8,12-13,15,18H2,1H3. The molecule has 2 aromatic rings. The molecule has 4 atom stereocenters. The van der Waals surface area contributed by atoms with Gasteiger partial charge in [0.25, 0.3) is 0 Å². The highest BCUT2D eigenvalue weighted by Gasteiger charge is 2.56. The van der Waals surface area contributed by atoms with Gasteiger partial charge in [0.15, 0.2) is 0 Å². The van der Waals surface area contributed by atoms with Crippen LogP contribution in [0.3, 0.4) is 0 Å². The lowest BCUT2D eigenvalue weighted by atomic mass is 9.56. The maximum atomic E-state index is 6.50. The molecule has 1 nitrogen and oxygen atoms in total. The largest absolute Gasteiger partial charge is 0.461 e. The Morgan fingerprint density at radius 1 is 1.09 bits per heavy atom. The number of hydrogen-bond donors (Lipinski definition) is 0. The zero-order chi connectivity index (χ0) is 22.9. The molecule has 5 aliphatic rings. The monoisotopic (exact) mass is 466 g/mol. The molecule has 1 aromatic carbocycles. The predicted octanol–water partition coefficient (Wildman–Crippen LogP) is 6.75. The topological polar surface area (TPSA) is 13.1 Å². The second-order valence-electron chi connectivity index (χ2n) is 10.7. The van der Waals surface area contributed by atoms with Crippen molar-refractivity contribution in [1.82, 2.24) is 0 Å². The SMILES string of the molecule is CC1=C2C3=C(CCC=C3)C(c3ccccc3)(C3C=Cc4c(oc5c4=CCC(Cl)C=5)C3)C2CCC1. The van der Waals surface area contributed by atoms with Gasteiger partial charge in [0.2, 0.25) is 0 Å². The van der Waals surface area contributed by atoms with Crippen LogP contribution in [0.25, 0.3) is 18.2 Å². The van der Waals surface area contributed by atoms with E-state index in [1.807, 2.05) is 0 Å². The van der Waals surface area contributed by atoms with Crippen molar-refractivity contribution < 1.29 is 4.42 Å². The molecule has 4 unspecified atom stereocenters. The molecule has 0 fully saturated rings. The summed E-state index contributed by atoms with van der Waals surface area (Å²) < 4.78 is 6.50. The van der Waals surface area contributed by atoms with E-state index in [4.69, 9.17) is 16.0 Å². The number of alkyl halides is 1. The minimum atomic E-state index is 0.00228. The van der Waals surface area contributed by atoms with Gasteiger partial charge in [-0.25, -0.2) is 0 Å². The van der Waals surface area contributed by atoms with Crippen LogP contribution in [0.2, 0.25) is 0 Å². The number of halogens is 1. The highest BCUT2D eigenvalue weighted by atomic mass is 35.5. The number of hydrogen-bond acceptors (Lipinski definition) is 1. The maximum absolute atomic E-state index is 6.50. The summed E-state index contributed by atoms with van der Waals surface area (Å²) in [7, 11) is 0. The van der Waals surface area contributed by atoms with E-state index in [-0.39, 0.29) is 10.8 Å². The number of fused-ring (bicyclic) bond motifs is 5. The fourth-order valence-corrected chi connectivity index (χ4v) is 8.02. The summed E-state index contributed by atoms with van der Waals surface area (Å²) in [5.41, 5.74) is 10.2. The van der Waals surface area contributed by atoms with Gasteiger partial charge in [0.05, 0.1) is 5.38 Å². The van der Waals surface area contributed by atoms with Gasteiger partial charge in [-0.05, 0) is 80.1 Å². The van der Waals surface area contributed by atoms with Gasteiger partial charge >= 0.3 is 0 Å². The summed E-state index contributed by atoms with van der Waals surface area (Å²) in [6.07, 6.45) is 22.0. The van der Waals surface area contributed by atoms with Crippen LogP contribution in [-0.4, -0.2) is 5.38 Å². The van der Waals surface area contributed by atoms with Gasteiger partial charge in [-0.15, -0.1) is 11.6 Å². The van der Waals surface area contributed by atoms with Crippen LogP contribution in [0.5, 0.6) is 0 Å². The van der Waals surface area contributed by atoms with E-state index < -0.39 is 0 Å². The molecule has 0 amide bonds. The molecular weight excluding hydrogens is 436 g/mol. The molecule has 172 valence electrons. The van der Waals surface area contributed by atoms with Crippen molar-refractivity contribution in [2.75, 3.05) is 0 Å². The van der Waals surface area contributed by atoms with Gasteiger partial charge in [-0.2, -0.15) is 0 Å². The first-order valence-corrected chi connectivity index (χ1v) is 13.4. The first-order chi connectivity index (χ1) is 16.7. The van der Waals surface area contributed by atoms with Crippen molar-refractivity contribution in [2.24, 2.45) is 11.8 Å². The smallest absolute Gasteiger partial charge is 0.132 e. The van der Waals surface area contributed by atoms with Crippen LogP contribution >= 0.6 is 11.6 Å².